The first kappa shape index (κ1) is 21.5. The first-order valence-corrected chi connectivity index (χ1v) is 13.0. The Morgan fingerprint density at radius 3 is 2.78 bits per heavy atom. The largest absolute Gasteiger partial charge is 0.441 e. The summed E-state index contributed by atoms with van der Waals surface area (Å²) in [6.45, 7) is 7.93. The van der Waals surface area contributed by atoms with Crippen molar-refractivity contribution in [2.45, 2.75) is 58.5 Å². The Morgan fingerprint density at radius 2 is 2.09 bits per heavy atom. The van der Waals surface area contributed by atoms with Gasteiger partial charge in [-0.2, -0.15) is 15.7 Å². The molecule has 2 aromatic heterocycles. The predicted molar refractivity (Wildman–Crippen MR) is 125 cm³/mol. The Hall–Kier alpha value is -2.36. The number of amides is 1. The van der Waals surface area contributed by atoms with Crippen LogP contribution in [-0.2, 0) is 17.6 Å². The Bertz CT molecular complexity index is 1200. The molecule has 1 fully saturated rings. The topological polar surface area (TPSA) is 113 Å². The molecular weight excluding hydrogens is 428 g/mol. The maximum Gasteiger partial charge on any atom is 0.224 e. The summed E-state index contributed by atoms with van der Waals surface area (Å²) in [5, 5.41) is 8.05. The van der Waals surface area contributed by atoms with Crippen molar-refractivity contribution in [3.05, 3.63) is 35.3 Å². The number of aryl methyl sites for hydroxylation is 1. The molecule has 3 aromatic rings. The summed E-state index contributed by atoms with van der Waals surface area (Å²) >= 11 is 0. The van der Waals surface area contributed by atoms with Crippen molar-refractivity contribution >= 4 is 27.6 Å². The van der Waals surface area contributed by atoms with Gasteiger partial charge in [0.15, 0.2) is 11.5 Å². The van der Waals surface area contributed by atoms with Crippen LogP contribution in [0, 0.1) is 12.8 Å². The van der Waals surface area contributed by atoms with E-state index in [0.29, 0.717) is 12.3 Å². The smallest absolute Gasteiger partial charge is 0.224 e. The highest BCUT2D eigenvalue weighted by molar-refractivity contribution is 8.25. The van der Waals surface area contributed by atoms with E-state index in [0.717, 1.165) is 40.9 Å². The molecule has 0 radical (unpaired) electrons. The number of oxazole rings is 1. The Balaban J connectivity index is 1.46. The van der Waals surface area contributed by atoms with Crippen molar-refractivity contribution in [3.8, 4) is 11.3 Å². The molecule has 3 N–H and O–H groups in total. The van der Waals surface area contributed by atoms with E-state index in [2.05, 4.69) is 24.1 Å². The van der Waals surface area contributed by atoms with Crippen molar-refractivity contribution in [2.24, 2.45) is 5.92 Å². The Labute approximate surface area is 188 Å². The number of carbonyl (C=O) groups excluding carboxylic acids is 1. The second kappa shape index (κ2) is 7.33. The number of carbonyl (C=O) groups is 1. The summed E-state index contributed by atoms with van der Waals surface area (Å²) < 4.78 is 27.3. The summed E-state index contributed by atoms with van der Waals surface area (Å²) in [5.74, 6) is 0.925. The average molecular weight is 459 g/mol. The molecule has 1 aliphatic heterocycles. The Kier molecular flexibility index (Phi) is 4.92. The first-order valence-electron chi connectivity index (χ1n) is 11.1. The van der Waals surface area contributed by atoms with Crippen LogP contribution in [0.3, 0.4) is 0 Å². The zero-order valence-corrected chi connectivity index (χ0v) is 19.7. The summed E-state index contributed by atoms with van der Waals surface area (Å²) in [5.41, 5.74) is 5.21. The maximum atomic E-state index is 13.0. The minimum Gasteiger partial charge on any atom is -0.441 e. The fraction of sp³-hybridized carbons (Fsp3) is 0.522. The quantitative estimate of drug-likeness (QED) is 0.536. The lowest BCUT2D eigenvalue weighted by atomic mass is 9.84. The molecule has 1 unspecified atom stereocenters. The second-order valence-corrected chi connectivity index (χ2v) is 12.0. The molecule has 0 bridgehead atoms. The average Bonchev–Trinajstić information content (AvgIpc) is 3.25. The molecule has 172 valence electrons. The van der Waals surface area contributed by atoms with Crippen molar-refractivity contribution in [2.75, 3.05) is 11.5 Å². The number of hydrogen-bond acceptors (Lipinski definition) is 6. The van der Waals surface area contributed by atoms with Gasteiger partial charge in [0.2, 0.25) is 5.91 Å². The monoisotopic (exact) mass is 458 g/mol. The number of nitrogens with one attached hydrogen (secondary N) is 1. The van der Waals surface area contributed by atoms with Crippen LogP contribution in [0.25, 0.3) is 22.4 Å². The van der Waals surface area contributed by atoms with Gasteiger partial charge in [0, 0.05) is 42.1 Å². The molecule has 2 aliphatic rings. The molecule has 1 saturated heterocycles. The molecule has 0 saturated carbocycles. The molecular formula is C23H30N4O4S. The number of fused-ring (bicyclic) bond motifs is 2. The van der Waals surface area contributed by atoms with Crippen LogP contribution in [0.2, 0.25) is 0 Å². The van der Waals surface area contributed by atoms with Crippen LogP contribution in [0.4, 0.5) is 0 Å². The molecule has 3 heterocycles. The number of para-hydroxylation sites is 1. The zero-order valence-electron chi connectivity index (χ0n) is 18.9. The van der Waals surface area contributed by atoms with E-state index in [1.807, 2.05) is 36.7 Å². The lowest BCUT2D eigenvalue weighted by molar-refractivity contribution is -0.126. The van der Waals surface area contributed by atoms with Gasteiger partial charge in [-0.15, -0.1) is 0 Å². The summed E-state index contributed by atoms with van der Waals surface area (Å²) in [6.07, 6.45) is 2.11. The number of nitrogens with zero attached hydrogens (tertiary/aromatic N) is 3. The molecule has 1 aliphatic carbocycles. The zero-order chi connectivity index (χ0) is 22.8. The highest BCUT2D eigenvalue weighted by Crippen LogP contribution is 2.54. The third-order valence-corrected chi connectivity index (χ3v) is 8.67. The van der Waals surface area contributed by atoms with Crippen molar-refractivity contribution in [1.82, 2.24) is 20.1 Å². The van der Waals surface area contributed by atoms with Crippen molar-refractivity contribution in [3.63, 3.8) is 0 Å². The molecule has 32 heavy (non-hydrogen) atoms. The van der Waals surface area contributed by atoms with Crippen LogP contribution in [0.15, 0.2) is 22.6 Å². The highest BCUT2D eigenvalue weighted by Gasteiger charge is 2.46. The van der Waals surface area contributed by atoms with Crippen molar-refractivity contribution < 1.29 is 18.3 Å². The third-order valence-electron chi connectivity index (χ3n) is 6.47. The highest BCUT2D eigenvalue weighted by atomic mass is 32.3. The van der Waals surface area contributed by atoms with E-state index in [4.69, 9.17) is 9.52 Å². The van der Waals surface area contributed by atoms with Gasteiger partial charge in [0.05, 0.1) is 22.7 Å². The van der Waals surface area contributed by atoms with Crippen LogP contribution >= 0.6 is 10.6 Å². The lowest BCUT2D eigenvalue weighted by Crippen LogP contribution is -2.62. The normalized spacial score (nSPS) is 22.4. The van der Waals surface area contributed by atoms with E-state index >= 15 is 0 Å². The number of benzene rings is 1. The van der Waals surface area contributed by atoms with Gasteiger partial charge < -0.3 is 9.73 Å². The van der Waals surface area contributed by atoms with Gasteiger partial charge >= 0.3 is 0 Å². The molecule has 5 rings (SSSR count). The molecule has 1 aromatic carbocycles. The minimum absolute atomic E-state index is 0.0136. The van der Waals surface area contributed by atoms with Gasteiger partial charge in [-0.05, 0) is 39.7 Å². The van der Waals surface area contributed by atoms with Gasteiger partial charge in [0.25, 0.3) is 0 Å². The summed E-state index contributed by atoms with van der Waals surface area (Å²) in [6, 6.07) is 6.08. The number of aromatic nitrogens is 3. The second-order valence-electron chi connectivity index (χ2n) is 9.78. The standard InChI is InChI=1S/C23H30N4O4S/c1-13(2)27-18-10-15(22(28)25-23(4)11-32(29,30)12-23)8-9-16(18)20(26-27)17-6-5-7-19-21(17)24-14(3)31-19/h5-7,13,15,29-30H,8-12H2,1-4H3,(H,25,28). The predicted octanol–water partition coefficient (Wildman–Crippen LogP) is 4.32. The first-order chi connectivity index (χ1) is 15.1. The minimum atomic E-state index is -2.52. The van der Waals surface area contributed by atoms with Crippen LogP contribution < -0.4 is 5.32 Å². The van der Waals surface area contributed by atoms with E-state index in [1.165, 1.54) is 5.56 Å². The van der Waals surface area contributed by atoms with Gasteiger partial charge in [-0.25, -0.2) is 4.98 Å². The van der Waals surface area contributed by atoms with E-state index in [9.17, 15) is 13.9 Å². The van der Waals surface area contributed by atoms with Crippen LogP contribution in [0.1, 0.15) is 50.4 Å². The molecule has 9 heteroatoms. The van der Waals surface area contributed by atoms with Gasteiger partial charge in [0.1, 0.15) is 5.52 Å². The molecule has 8 nitrogen and oxygen atoms in total. The molecule has 1 atom stereocenters. The third kappa shape index (κ3) is 3.62. The van der Waals surface area contributed by atoms with E-state index in [1.54, 1.807) is 0 Å². The number of rotatable bonds is 4. The molecule has 1 amide bonds. The van der Waals surface area contributed by atoms with Gasteiger partial charge in [-0.1, -0.05) is 12.1 Å². The maximum absolute atomic E-state index is 13.0. The lowest BCUT2D eigenvalue weighted by Gasteiger charge is -2.54. The molecule has 0 spiro atoms. The van der Waals surface area contributed by atoms with Gasteiger partial charge in [-0.3, -0.25) is 18.6 Å². The van der Waals surface area contributed by atoms with Crippen molar-refractivity contribution in [1.29, 1.82) is 0 Å². The van der Waals surface area contributed by atoms with E-state index < -0.39 is 16.1 Å². The number of hydrogen-bond donors (Lipinski definition) is 3. The Morgan fingerprint density at radius 1 is 1.34 bits per heavy atom. The fourth-order valence-electron chi connectivity index (χ4n) is 5.20. The van der Waals surface area contributed by atoms with Crippen LogP contribution in [0.5, 0.6) is 0 Å². The fourth-order valence-corrected chi connectivity index (χ4v) is 7.31. The van der Waals surface area contributed by atoms with Crippen LogP contribution in [-0.4, -0.2) is 46.8 Å². The SMILES string of the molecule is Cc1nc2c(-c3nn(C(C)C)c4c3CCC(C(=O)NC3(C)CS(O)(O)C3)C4)cccc2o1. The summed E-state index contributed by atoms with van der Waals surface area (Å²) in [4.78, 5) is 17.6. The van der Waals surface area contributed by atoms with E-state index in [-0.39, 0.29) is 29.4 Å². The summed E-state index contributed by atoms with van der Waals surface area (Å²) in [7, 11) is -2.52.